The van der Waals surface area contributed by atoms with Crippen LogP contribution in [0.2, 0.25) is 0 Å². The van der Waals surface area contributed by atoms with Crippen molar-refractivity contribution in [3.8, 4) is 11.8 Å². The van der Waals surface area contributed by atoms with E-state index in [0.717, 1.165) is 24.8 Å². The third kappa shape index (κ3) is 3.98. The number of ether oxygens (including phenoxy) is 1. The third-order valence-corrected chi connectivity index (χ3v) is 4.30. The van der Waals surface area contributed by atoms with E-state index in [2.05, 4.69) is 24.8 Å². The monoisotopic (exact) mass is 272 g/mol. The minimum atomic E-state index is 0.618. The van der Waals surface area contributed by atoms with Crippen LogP contribution in [0.5, 0.6) is 5.75 Å². The fourth-order valence-electron chi connectivity index (χ4n) is 2.71. The van der Waals surface area contributed by atoms with Crippen LogP contribution in [0.4, 0.5) is 0 Å². The molecule has 1 aromatic carbocycles. The fourth-order valence-corrected chi connectivity index (χ4v) is 2.71. The van der Waals surface area contributed by atoms with Crippen LogP contribution in [0, 0.1) is 23.2 Å². The second-order valence-electron chi connectivity index (χ2n) is 5.85. The lowest BCUT2D eigenvalue weighted by Crippen LogP contribution is -2.39. The van der Waals surface area contributed by atoms with Crippen molar-refractivity contribution in [1.29, 1.82) is 5.26 Å². The lowest BCUT2D eigenvalue weighted by atomic mass is 9.89. The highest BCUT2D eigenvalue weighted by atomic mass is 16.5. The number of likely N-dealkylation sites (tertiary alicyclic amines) is 1. The molecule has 0 aliphatic carbocycles. The summed E-state index contributed by atoms with van der Waals surface area (Å²) in [5.41, 5.74) is 0.618. The number of benzene rings is 1. The summed E-state index contributed by atoms with van der Waals surface area (Å²) in [6.07, 6.45) is 2.32. The topological polar surface area (TPSA) is 36.3 Å². The van der Waals surface area contributed by atoms with Gasteiger partial charge in [0.2, 0.25) is 0 Å². The van der Waals surface area contributed by atoms with Crippen LogP contribution in [0.15, 0.2) is 24.3 Å². The highest BCUT2D eigenvalue weighted by Crippen LogP contribution is 2.22. The normalized spacial score (nSPS) is 23.2. The zero-order chi connectivity index (χ0) is 14.4. The Labute approximate surface area is 122 Å². The zero-order valence-corrected chi connectivity index (χ0v) is 12.5. The summed E-state index contributed by atoms with van der Waals surface area (Å²) < 4.78 is 5.72. The summed E-state index contributed by atoms with van der Waals surface area (Å²) in [5, 5.41) is 8.99. The molecule has 1 aliphatic heterocycles. The number of nitrogens with zero attached hydrogens (tertiary/aromatic N) is 2. The van der Waals surface area contributed by atoms with Crippen molar-refractivity contribution in [1.82, 2.24) is 4.90 Å². The van der Waals surface area contributed by atoms with Gasteiger partial charge in [-0.1, -0.05) is 26.0 Å². The molecule has 0 N–H and O–H groups in total. The molecule has 3 nitrogen and oxygen atoms in total. The van der Waals surface area contributed by atoms with Gasteiger partial charge in [-0.15, -0.1) is 0 Å². The van der Waals surface area contributed by atoms with Gasteiger partial charge in [0.25, 0.3) is 0 Å². The molecule has 1 aliphatic rings. The molecule has 1 fully saturated rings. The van der Waals surface area contributed by atoms with Gasteiger partial charge in [0, 0.05) is 13.1 Å². The average Bonchev–Trinajstić information content (AvgIpc) is 2.47. The second kappa shape index (κ2) is 7.31. The quantitative estimate of drug-likeness (QED) is 0.772. The first-order valence-corrected chi connectivity index (χ1v) is 7.55. The summed E-state index contributed by atoms with van der Waals surface area (Å²) in [5.74, 6) is 2.35. The van der Waals surface area contributed by atoms with E-state index >= 15 is 0 Å². The summed E-state index contributed by atoms with van der Waals surface area (Å²) in [7, 11) is 0. The van der Waals surface area contributed by atoms with Gasteiger partial charge in [-0.05, 0) is 43.4 Å². The van der Waals surface area contributed by atoms with Gasteiger partial charge in [0.05, 0.1) is 12.2 Å². The first-order chi connectivity index (χ1) is 9.70. The van der Waals surface area contributed by atoms with Gasteiger partial charge in [-0.3, -0.25) is 0 Å². The lowest BCUT2D eigenvalue weighted by molar-refractivity contribution is 0.130. The third-order valence-electron chi connectivity index (χ3n) is 4.30. The minimum Gasteiger partial charge on any atom is -0.492 e. The SMILES string of the molecule is C[C@H]1CCN(CCCOc2ccccc2C#N)C[C@@H]1C. The maximum Gasteiger partial charge on any atom is 0.137 e. The van der Waals surface area contributed by atoms with Crippen LogP contribution in [0.25, 0.3) is 0 Å². The molecule has 1 heterocycles. The second-order valence-corrected chi connectivity index (χ2v) is 5.85. The molecular weight excluding hydrogens is 248 g/mol. The van der Waals surface area contributed by atoms with Crippen molar-refractivity contribution in [3.05, 3.63) is 29.8 Å². The molecule has 2 rings (SSSR count). The van der Waals surface area contributed by atoms with Crippen molar-refractivity contribution in [3.63, 3.8) is 0 Å². The van der Waals surface area contributed by atoms with E-state index in [1.807, 2.05) is 18.2 Å². The van der Waals surface area contributed by atoms with E-state index in [1.165, 1.54) is 19.5 Å². The van der Waals surface area contributed by atoms with Gasteiger partial charge in [-0.2, -0.15) is 5.26 Å². The number of nitriles is 1. The summed E-state index contributed by atoms with van der Waals surface area (Å²) in [6, 6.07) is 9.59. The predicted molar refractivity (Wildman–Crippen MR) is 80.7 cm³/mol. The van der Waals surface area contributed by atoms with E-state index in [0.29, 0.717) is 17.9 Å². The Morgan fingerprint density at radius 3 is 2.85 bits per heavy atom. The predicted octanol–water partition coefficient (Wildman–Crippen LogP) is 3.31. The Balaban J connectivity index is 1.71. The van der Waals surface area contributed by atoms with E-state index in [9.17, 15) is 0 Å². The molecule has 0 spiro atoms. The standard InChI is InChI=1S/C17H24N2O/c1-14-8-10-19(13-15(14)2)9-5-11-20-17-7-4-3-6-16(17)12-18/h3-4,6-7,14-15H,5,8-11,13H2,1-2H3/t14-,15-/m0/s1. The molecule has 20 heavy (non-hydrogen) atoms. The van der Waals surface area contributed by atoms with E-state index in [4.69, 9.17) is 10.00 Å². The maximum atomic E-state index is 8.99. The Hall–Kier alpha value is -1.53. The first kappa shape index (κ1) is 14.9. The summed E-state index contributed by atoms with van der Waals surface area (Å²) >= 11 is 0. The molecule has 0 saturated carbocycles. The van der Waals surface area contributed by atoms with Gasteiger partial charge in [0.15, 0.2) is 0 Å². The van der Waals surface area contributed by atoms with Gasteiger partial charge >= 0.3 is 0 Å². The van der Waals surface area contributed by atoms with Crippen LogP contribution < -0.4 is 4.74 Å². The summed E-state index contributed by atoms with van der Waals surface area (Å²) in [6.45, 7) is 8.88. The molecule has 0 radical (unpaired) electrons. The zero-order valence-electron chi connectivity index (χ0n) is 12.5. The van der Waals surface area contributed by atoms with Crippen molar-refractivity contribution in [2.24, 2.45) is 11.8 Å². The maximum absolute atomic E-state index is 8.99. The number of rotatable bonds is 5. The molecule has 1 aromatic rings. The first-order valence-electron chi connectivity index (χ1n) is 7.55. The Kier molecular flexibility index (Phi) is 5.43. The van der Waals surface area contributed by atoms with Gasteiger partial charge in [0.1, 0.15) is 11.8 Å². The minimum absolute atomic E-state index is 0.618. The van der Waals surface area contributed by atoms with E-state index in [-0.39, 0.29) is 0 Å². The molecular formula is C17H24N2O. The van der Waals surface area contributed by atoms with Crippen LogP contribution in [0.3, 0.4) is 0 Å². The Morgan fingerprint density at radius 1 is 1.30 bits per heavy atom. The number of piperidine rings is 1. The van der Waals surface area contributed by atoms with E-state index < -0.39 is 0 Å². The summed E-state index contributed by atoms with van der Waals surface area (Å²) in [4.78, 5) is 2.53. The molecule has 0 bridgehead atoms. The van der Waals surface area contributed by atoms with Crippen LogP contribution in [-0.2, 0) is 0 Å². The lowest BCUT2D eigenvalue weighted by Gasteiger charge is -2.35. The molecule has 1 saturated heterocycles. The van der Waals surface area contributed by atoms with Gasteiger partial charge < -0.3 is 9.64 Å². The molecule has 0 amide bonds. The molecule has 0 aromatic heterocycles. The molecule has 0 unspecified atom stereocenters. The Bertz CT molecular complexity index is 466. The number of para-hydroxylation sites is 1. The van der Waals surface area contributed by atoms with Crippen LogP contribution in [0.1, 0.15) is 32.3 Å². The molecule has 108 valence electrons. The highest BCUT2D eigenvalue weighted by molar-refractivity contribution is 5.42. The number of hydrogen-bond acceptors (Lipinski definition) is 3. The van der Waals surface area contributed by atoms with E-state index in [1.54, 1.807) is 6.07 Å². The average molecular weight is 272 g/mol. The Morgan fingerprint density at radius 2 is 2.10 bits per heavy atom. The van der Waals surface area contributed by atoms with Crippen LogP contribution >= 0.6 is 0 Å². The van der Waals surface area contributed by atoms with Gasteiger partial charge in [-0.25, -0.2) is 0 Å². The largest absolute Gasteiger partial charge is 0.492 e. The van der Waals surface area contributed by atoms with Crippen molar-refractivity contribution >= 4 is 0 Å². The number of hydrogen-bond donors (Lipinski definition) is 0. The van der Waals surface area contributed by atoms with Crippen molar-refractivity contribution < 1.29 is 4.74 Å². The fraction of sp³-hybridized carbons (Fsp3) is 0.588. The smallest absolute Gasteiger partial charge is 0.137 e. The highest BCUT2D eigenvalue weighted by Gasteiger charge is 2.21. The van der Waals surface area contributed by atoms with Crippen molar-refractivity contribution in [2.45, 2.75) is 26.7 Å². The molecule has 2 atom stereocenters. The van der Waals surface area contributed by atoms with Crippen molar-refractivity contribution in [2.75, 3.05) is 26.2 Å². The van der Waals surface area contributed by atoms with Crippen LogP contribution in [-0.4, -0.2) is 31.1 Å². The molecule has 3 heteroatoms.